The Labute approximate surface area is 241 Å². The number of hydrogen-bond acceptors (Lipinski definition) is 12. The van der Waals surface area contributed by atoms with Crippen LogP contribution in [0.5, 0.6) is 5.75 Å². The Morgan fingerprint density at radius 3 is 2.74 bits per heavy atom. The fraction of sp³-hybridized carbons (Fsp3) is 0.481. The predicted octanol–water partition coefficient (Wildman–Crippen LogP) is -2.27. The molecule has 15 heteroatoms. The van der Waals surface area contributed by atoms with Gasteiger partial charge in [0.05, 0.1) is 24.3 Å². The van der Waals surface area contributed by atoms with E-state index in [1.165, 1.54) is 19.2 Å². The molecule has 222 valence electrons. The van der Waals surface area contributed by atoms with E-state index in [0.29, 0.717) is 17.9 Å². The molecule has 2 aromatic rings. The van der Waals surface area contributed by atoms with E-state index in [2.05, 4.69) is 44.9 Å². The number of amides is 2. The molecular formula is C27H34N10O5. The number of carbonyl (C=O) groups is 2. The highest BCUT2D eigenvalue weighted by molar-refractivity contribution is 5.98. The molecule has 6 rings (SSSR count). The number of guanidine groups is 2. The van der Waals surface area contributed by atoms with Gasteiger partial charge in [-0.15, -0.1) is 0 Å². The molecule has 0 radical (unpaired) electrons. The van der Waals surface area contributed by atoms with Crippen LogP contribution in [-0.2, 0) is 12.5 Å². The van der Waals surface area contributed by atoms with Gasteiger partial charge in [-0.25, -0.2) is 14.7 Å². The van der Waals surface area contributed by atoms with Gasteiger partial charge in [-0.05, 0) is 24.0 Å². The number of aliphatic hydroxyl groups is 1. The van der Waals surface area contributed by atoms with E-state index >= 15 is 0 Å². The normalized spacial score (nSPS) is 28.7. The Kier molecular flexibility index (Phi) is 6.36. The first-order valence-electron chi connectivity index (χ1n) is 13.7. The maximum atomic E-state index is 13.6. The zero-order valence-electron chi connectivity index (χ0n) is 23.5. The first-order valence-corrected chi connectivity index (χ1v) is 13.7. The van der Waals surface area contributed by atoms with Crippen LogP contribution in [-0.4, -0.2) is 93.1 Å². The summed E-state index contributed by atoms with van der Waals surface area (Å²) in [6.07, 6.45) is -0.370. The molecule has 4 aliphatic heterocycles. The van der Waals surface area contributed by atoms with Crippen molar-refractivity contribution in [3.05, 3.63) is 57.5 Å². The molecule has 1 aromatic heterocycles. The van der Waals surface area contributed by atoms with Crippen molar-refractivity contribution in [2.45, 2.75) is 55.6 Å². The summed E-state index contributed by atoms with van der Waals surface area (Å²) >= 11 is 0. The number of fused-ring (bicyclic) bond motifs is 1. The number of carbonyl (C=O) groups excluding carboxylic acids is 2. The fourth-order valence-electron chi connectivity index (χ4n) is 6.31. The lowest BCUT2D eigenvalue weighted by molar-refractivity contribution is 0.0143. The number of aryl methyl sites for hydroxylation is 1. The monoisotopic (exact) mass is 578 g/mol. The lowest BCUT2D eigenvalue weighted by atomic mass is 9.79. The number of hydrogen-bond donors (Lipinski definition) is 6. The van der Waals surface area contributed by atoms with Crippen LogP contribution in [0.3, 0.4) is 0 Å². The molecule has 4 aliphatic rings. The summed E-state index contributed by atoms with van der Waals surface area (Å²) < 4.78 is 6.99. The Bertz CT molecular complexity index is 1590. The molecule has 1 saturated heterocycles. The summed E-state index contributed by atoms with van der Waals surface area (Å²) in [6.45, 7) is 4.86. The van der Waals surface area contributed by atoms with Gasteiger partial charge in [0.2, 0.25) is 0 Å². The SMILES string of the molecule is Cn1nc(C(=O)NC[C@@H]2N=C(N)N3CC(NC(=O)c4cccc5c4OCCC5(C)C)[C@@H](O)[C@@]34NC(N)=N[C@@H]24)ccc1=O. The minimum atomic E-state index is -1.30. The second-order valence-corrected chi connectivity index (χ2v) is 11.7. The van der Waals surface area contributed by atoms with E-state index in [1.807, 2.05) is 12.1 Å². The van der Waals surface area contributed by atoms with Crippen molar-refractivity contribution in [1.82, 2.24) is 30.6 Å². The predicted molar refractivity (Wildman–Crippen MR) is 152 cm³/mol. The molecule has 1 aromatic carbocycles. The second-order valence-electron chi connectivity index (χ2n) is 11.7. The van der Waals surface area contributed by atoms with Crippen molar-refractivity contribution < 1.29 is 19.4 Å². The third kappa shape index (κ3) is 4.22. The number of nitrogens with zero attached hydrogens (tertiary/aromatic N) is 5. The Hall–Kier alpha value is -4.66. The van der Waals surface area contributed by atoms with E-state index in [-0.39, 0.29) is 41.7 Å². The second kappa shape index (κ2) is 9.72. The van der Waals surface area contributed by atoms with Gasteiger partial charge in [0.25, 0.3) is 17.4 Å². The molecule has 1 fully saturated rings. The van der Waals surface area contributed by atoms with Crippen LogP contribution in [0.2, 0.25) is 0 Å². The quantitative estimate of drug-likeness (QED) is 0.224. The number of rotatable bonds is 5. The van der Waals surface area contributed by atoms with Crippen molar-refractivity contribution in [2.75, 3.05) is 19.7 Å². The van der Waals surface area contributed by atoms with Crippen LogP contribution in [0.4, 0.5) is 0 Å². The molecule has 1 unspecified atom stereocenters. The standard InChI is InChI=1S/C27H34N10O5/c1-26(2)9-10-42-19-13(5-4-6-14(19)26)22(40)31-17-12-37-25(29)32-16(20-27(37,21(17)39)34-24(28)33-20)11-30-23(41)15-7-8-18(38)36(3)35-15/h4-8,16-17,20-21,39H,9-12H2,1-3H3,(H2,29,32)(H,30,41)(H,31,40)(H3,28,33,34)/t16-,17?,20-,21+,27-/m0/s1. The van der Waals surface area contributed by atoms with Gasteiger partial charge >= 0.3 is 0 Å². The van der Waals surface area contributed by atoms with Crippen LogP contribution in [0.25, 0.3) is 0 Å². The minimum Gasteiger partial charge on any atom is -0.492 e. The number of benzene rings is 1. The molecule has 0 saturated carbocycles. The van der Waals surface area contributed by atoms with Crippen molar-refractivity contribution >= 4 is 23.7 Å². The summed E-state index contributed by atoms with van der Waals surface area (Å²) in [7, 11) is 1.45. The number of aliphatic hydroxyl groups excluding tert-OH is 1. The summed E-state index contributed by atoms with van der Waals surface area (Å²) in [6, 6.07) is 5.86. The van der Waals surface area contributed by atoms with Crippen LogP contribution in [0.1, 0.15) is 46.7 Å². The minimum absolute atomic E-state index is 0.00417. The smallest absolute Gasteiger partial charge is 0.271 e. The molecule has 2 amide bonds. The first kappa shape index (κ1) is 27.5. The number of aromatic nitrogens is 2. The summed E-state index contributed by atoms with van der Waals surface area (Å²) in [5.41, 5.74) is 12.1. The average molecular weight is 579 g/mol. The van der Waals surface area contributed by atoms with Crippen LogP contribution in [0, 0.1) is 0 Å². The van der Waals surface area contributed by atoms with Crippen molar-refractivity contribution in [3.63, 3.8) is 0 Å². The molecule has 15 nitrogen and oxygen atoms in total. The lowest BCUT2D eigenvalue weighted by Crippen LogP contribution is -2.73. The number of aliphatic imine (C=N–C) groups is 2. The fourth-order valence-corrected chi connectivity index (χ4v) is 6.31. The summed E-state index contributed by atoms with van der Waals surface area (Å²) in [5, 5.41) is 24.5. The molecule has 0 aliphatic carbocycles. The highest BCUT2D eigenvalue weighted by atomic mass is 16.5. The van der Waals surface area contributed by atoms with E-state index in [0.717, 1.165) is 16.7 Å². The highest BCUT2D eigenvalue weighted by Crippen LogP contribution is 2.42. The molecular weight excluding hydrogens is 544 g/mol. The number of nitrogens with two attached hydrogens (primary N) is 2. The van der Waals surface area contributed by atoms with Crippen LogP contribution >= 0.6 is 0 Å². The Morgan fingerprint density at radius 1 is 1.19 bits per heavy atom. The van der Waals surface area contributed by atoms with Gasteiger partial charge in [0, 0.05) is 31.8 Å². The number of nitrogens with one attached hydrogen (secondary N) is 3. The summed E-state index contributed by atoms with van der Waals surface area (Å²) in [5.74, 6) is -0.195. The molecule has 5 atom stereocenters. The largest absolute Gasteiger partial charge is 0.492 e. The zero-order chi connectivity index (χ0) is 30.0. The molecule has 5 heterocycles. The number of para-hydroxylation sites is 1. The maximum Gasteiger partial charge on any atom is 0.271 e. The average Bonchev–Trinajstić information content (AvgIpc) is 3.44. The molecule has 8 N–H and O–H groups in total. The van der Waals surface area contributed by atoms with Gasteiger partial charge in [-0.3, -0.25) is 14.4 Å². The lowest BCUT2D eigenvalue weighted by Gasteiger charge is -2.46. The van der Waals surface area contributed by atoms with E-state index in [4.69, 9.17) is 16.2 Å². The van der Waals surface area contributed by atoms with Gasteiger partial charge in [0.15, 0.2) is 17.6 Å². The van der Waals surface area contributed by atoms with Gasteiger partial charge in [-0.2, -0.15) is 5.10 Å². The van der Waals surface area contributed by atoms with Crippen molar-refractivity contribution in [2.24, 2.45) is 28.5 Å². The molecule has 1 spiro atoms. The molecule has 42 heavy (non-hydrogen) atoms. The first-order chi connectivity index (χ1) is 19.9. The Balaban J connectivity index is 1.22. The zero-order valence-corrected chi connectivity index (χ0v) is 23.5. The Morgan fingerprint density at radius 2 is 1.98 bits per heavy atom. The van der Waals surface area contributed by atoms with E-state index in [9.17, 15) is 19.5 Å². The van der Waals surface area contributed by atoms with E-state index < -0.39 is 41.7 Å². The van der Waals surface area contributed by atoms with Crippen molar-refractivity contribution in [1.29, 1.82) is 0 Å². The molecule has 0 bridgehead atoms. The van der Waals surface area contributed by atoms with E-state index in [1.54, 1.807) is 11.0 Å². The maximum absolute atomic E-state index is 13.6. The summed E-state index contributed by atoms with van der Waals surface area (Å²) in [4.78, 5) is 48.7. The van der Waals surface area contributed by atoms with Gasteiger partial charge < -0.3 is 42.2 Å². The third-order valence-corrected chi connectivity index (χ3v) is 8.60. The van der Waals surface area contributed by atoms with Crippen LogP contribution in [0.15, 0.2) is 45.1 Å². The van der Waals surface area contributed by atoms with Crippen LogP contribution < -0.4 is 37.7 Å². The third-order valence-electron chi connectivity index (χ3n) is 8.60. The van der Waals surface area contributed by atoms with Gasteiger partial charge in [-0.1, -0.05) is 26.0 Å². The topological polar surface area (TPSA) is 215 Å². The van der Waals surface area contributed by atoms with Gasteiger partial charge in [0.1, 0.15) is 23.6 Å². The highest BCUT2D eigenvalue weighted by Gasteiger charge is 2.65. The van der Waals surface area contributed by atoms with Crippen molar-refractivity contribution in [3.8, 4) is 5.75 Å². The number of ether oxygens (including phenoxy) is 1.